The normalized spacial score (nSPS) is 10.1. The largest absolute Gasteiger partial charge is 0.488 e. The average Bonchev–Trinajstić information content (AvgIpc) is 2.49. The number of hydrogen-bond acceptors (Lipinski definition) is 3. The number of anilines is 2. The molecule has 0 saturated carbocycles. The van der Waals surface area contributed by atoms with Gasteiger partial charge in [0.15, 0.2) is 0 Å². The summed E-state index contributed by atoms with van der Waals surface area (Å²) in [6, 6.07) is 13.7. The zero-order valence-electron chi connectivity index (χ0n) is 11.9. The molecule has 0 saturated heterocycles. The molecule has 2 amide bonds. The molecule has 0 bridgehead atoms. The first kappa shape index (κ1) is 15.1. The highest BCUT2D eigenvalue weighted by molar-refractivity contribution is 6.58. The quantitative estimate of drug-likeness (QED) is 0.745. The number of carbonyl (C=O) groups excluding carboxylic acids is 1. The van der Waals surface area contributed by atoms with Gasteiger partial charge in [0.2, 0.25) is 0 Å². The Morgan fingerprint density at radius 2 is 1.81 bits per heavy atom. The third-order valence-electron chi connectivity index (χ3n) is 3.16. The molecule has 0 atom stereocenters. The molecule has 21 heavy (non-hydrogen) atoms. The molecule has 2 rings (SSSR count). The van der Waals surface area contributed by atoms with Crippen LogP contribution in [0.4, 0.5) is 16.2 Å². The molecule has 5 nitrogen and oxygen atoms in total. The van der Waals surface area contributed by atoms with Crippen LogP contribution in [-0.4, -0.2) is 30.2 Å². The third kappa shape index (κ3) is 3.84. The van der Waals surface area contributed by atoms with Crippen LogP contribution in [-0.2, 0) is 0 Å². The van der Waals surface area contributed by atoms with Crippen LogP contribution in [0.5, 0.6) is 0 Å². The van der Waals surface area contributed by atoms with Gasteiger partial charge in [-0.15, -0.1) is 0 Å². The van der Waals surface area contributed by atoms with Crippen LogP contribution in [0.2, 0.25) is 0 Å². The van der Waals surface area contributed by atoms with E-state index in [9.17, 15) is 4.79 Å². The molecule has 0 unspecified atom stereocenters. The molecule has 6 heteroatoms. The van der Waals surface area contributed by atoms with Crippen molar-refractivity contribution >= 4 is 30.0 Å². The second-order valence-electron chi connectivity index (χ2n) is 4.82. The fourth-order valence-electron chi connectivity index (χ4n) is 1.86. The second-order valence-corrected chi connectivity index (χ2v) is 4.82. The van der Waals surface area contributed by atoms with Crippen molar-refractivity contribution in [3.8, 4) is 0 Å². The van der Waals surface area contributed by atoms with Crippen LogP contribution in [0.25, 0.3) is 0 Å². The fourth-order valence-corrected chi connectivity index (χ4v) is 1.86. The van der Waals surface area contributed by atoms with Crippen molar-refractivity contribution in [2.45, 2.75) is 6.92 Å². The van der Waals surface area contributed by atoms with Crippen LogP contribution in [0.3, 0.4) is 0 Å². The average molecular weight is 284 g/mol. The third-order valence-corrected chi connectivity index (χ3v) is 3.16. The lowest BCUT2D eigenvalue weighted by atomic mass is 9.80. The SMILES string of the molecule is Cc1ccc(NC(=O)N(C)c2cccc(B(O)O)c2)cc1. The van der Waals surface area contributed by atoms with Crippen LogP contribution < -0.4 is 15.7 Å². The van der Waals surface area contributed by atoms with Gasteiger partial charge >= 0.3 is 13.1 Å². The maximum absolute atomic E-state index is 12.2. The monoisotopic (exact) mass is 284 g/mol. The van der Waals surface area contributed by atoms with E-state index in [4.69, 9.17) is 10.0 Å². The molecule has 2 aromatic rings. The summed E-state index contributed by atoms with van der Waals surface area (Å²) in [4.78, 5) is 13.6. The van der Waals surface area contributed by atoms with Gasteiger partial charge in [0, 0.05) is 18.4 Å². The summed E-state index contributed by atoms with van der Waals surface area (Å²) in [6.45, 7) is 1.98. The van der Waals surface area contributed by atoms with Gasteiger partial charge in [-0.3, -0.25) is 4.90 Å². The highest BCUT2D eigenvalue weighted by atomic mass is 16.4. The summed E-state index contributed by atoms with van der Waals surface area (Å²) in [6.07, 6.45) is 0. The molecule has 0 heterocycles. The first-order valence-electron chi connectivity index (χ1n) is 6.55. The molecule has 108 valence electrons. The number of rotatable bonds is 3. The van der Waals surface area contributed by atoms with Crippen LogP contribution in [0, 0.1) is 6.92 Å². The van der Waals surface area contributed by atoms with Crippen molar-refractivity contribution < 1.29 is 14.8 Å². The van der Waals surface area contributed by atoms with E-state index in [2.05, 4.69) is 5.32 Å². The van der Waals surface area contributed by atoms with Crippen LogP contribution in [0.1, 0.15) is 5.56 Å². The minimum Gasteiger partial charge on any atom is -0.423 e. The maximum Gasteiger partial charge on any atom is 0.488 e. The van der Waals surface area contributed by atoms with Crippen molar-refractivity contribution in [2.75, 3.05) is 17.3 Å². The summed E-state index contributed by atoms with van der Waals surface area (Å²) in [5, 5.41) is 21.1. The lowest BCUT2D eigenvalue weighted by Gasteiger charge is -2.19. The van der Waals surface area contributed by atoms with E-state index in [1.165, 1.54) is 4.90 Å². The lowest BCUT2D eigenvalue weighted by molar-refractivity contribution is 0.258. The lowest BCUT2D eigenvalue weighted by Crippen LogP contribution is -2.34. The topological polar surface area (TPSA) is 72.8 Å². The Labute approximate surface area is 124 Å². The summed E-state index contributed by atoms with van der Waals surface area (Å²) >= 11 is 0. The summed E-state index contributed by atoms with van der Waals surface area (Å²) in [5.41, 5.74) is 2.73. The van der Waals surface area contributed by atoms with Gasteiger partial charge < -0.3 is 15.4 Å². The standard InChI is InChI=1S/C15H17BN2O3/c1-11-6-8-13(9-7-11)17-15(19)18(2)14-5-3-4-12(10-14)16(20)21/h3-10,20-21H,1-2H3,(H,17,19). The molecule has 2 aromatic carbocycles. The van der Waals surface area contributed by atoms with E-state index in [0.717, 1.165) is 5.56 Å². The molecular weight excluding hydrogens is 267 g/mol. The predicted molar refractivity (Wildman–Crippen MR) is 84.9 cm³/mol. The number of urea groups is 1. The van der Waals surface area contributed by atoms with E-state index < -0.39 is 7.12 Å². The zero-order valence-corrected chi connectivity index (χ0v) is 11.9. The molecular formula is C15H17BN2O3. The first-order valence-corrected chi connectivity index (χ1v) is 6.55. The number of benzene rings is 2. The number of hydrogen-bond donors (Lipinski definition) is 3. The van der Waals surface area contributed by atoms with Gasteiger partial charge in [-0.05, 0) is 36.7 Å². The van der Waals surface area contributed by atoms with Crippen LogP contribution >= 0.6 is 0 Å². The van der Waals surface area contributed by atoms with Gasteiger partial charge in [0.1, 0.15) is 0 Å². The Bertz CT molecular complexity index is 629. The van der Waals surface area contributed by atoms with Crippen molar-refractivity contribution in [1.82, 2.24) is 0 Å². The van der Waals surface area contributed by atoms with Crippen LogP contribution in [0.15, 0.2) is 48.5 Å². The number of aryl methyl sites for hydroxylation is 1. The molecule has 0 aliphatic carbocycles. The number of amides is 2. The van der Waals surface area contributed by atoms with E-state index in [0.29, 0.717) is 16.8 Å². The Morgan fingerprint density at radius 1 is 1.14 bits per heavy atom. The Balaban J connectivity index is 2.11. The van der Waals surface area contributed by atoms with Crippen molar-refractivity contribution in [2.24, 2.45) is 0 Å². The van der Waals surface area contributed by atoms with Gasteiger partial charge in [-0.1, -0.05) is 29.8 Å². The molecule has 3 N–H and O–H groups in total. The van der Waals surface area contributed by atoms with E-state index in [-0.39, 0.29) is 6.03 Å². The van der Waals surface area contributed by atoms with Crippen molar-refractivity contribution in [1.29, 1.82) is 0 Å². The molecule has 0 aromatic heterocycles. The highest BCUT2D eigenvalue weighted by Crippen LogP contribution is 2.14. The predicted octanol–water partition coefficient (Wildman–Crippen LogP) is 1.34. The number of carbonyl (C=O) groups is 1. The van der Waals surface area contributed by atoms with E-state index >= 15 is 0 Å². The first-order chi connectivity index (χ1) is 9.97. The summed E-state index contributed by atoms with van der Waals surface area (Å²) < 4.78 is 0. The number of nitrogens with zero attached hydrogens (tertiary/aromatic N) is 1. The van der Waals surface area contributed by atoms with E-state index in [1.54, 1.807) is 31.3 Å². The van der Waals surface area contributed by atoms with Crippen molar-refractivity contribution in [3.05, 3.63) is 54.1 Å². The van der Waals surface area contributed by atoms with E-state index in [1.807, 2.05) is 31.2 Å². The van der Waals surface area contributed by atoms with Gasteiger partial charge in [0.05, 0.1) is 0 Å². The molecule has 0 aliphatic heterocycles. The Hall–Kier alpha value is -2.31. The fraction of sp³-hybridized carbons (Fsp3) is 0.133. The zero-order chi connectivity index (χ0) is 15.4. The highest BCUT2D eigenvalue weighted by Gasteiger charge is 2.15. The summed E-state index contributed by atoms with van der Waals surface area (Å²) in [5.74, 6) is 0. The van der Waals surface area contributed by atoms with Gasteiger partial charge in [-0.25, -0.2) is 4.79 Å². The maximum atomic E-state index is 12.2. The van der Waals surface area contributed by atoms with Gasteiger partial charge in [0.25, 0.3) is 0 Å². The van der Waals surface area contributed by atoms with Crippen molar-refractivity contribution in [3.63, 3.8) is 0 Å². The second kappa shape index (κ2) is 6.43. The Kier molecular flexibility index (Phi) is 4.62. The minimum atomic E-state index is -1.56. The van der Waals surface area contributed by atoms with Gasteiger partial charge in [-0.2, -0.15) is 0 Å². The number of nitrogens with one attached hydrogen (secondary N) is 1. The minimum absolute atomic E-state index is 0.302. The molecule has 0 radical (unpaired) electrons. The Morgan fingerprint density at radius 3 is 2.43 bits per heavy atom. The molecule has 0 fully saturated rings. The molecule has 0 aliphatic rings. The molecule has 0 spiro atoms. The smallest absolute Gasteiger partial charge is 0.423 e. The summed E-state index contributed by atoms with van der Waals surface area (Å²) in [7, 11) is 0.0605.